The molecule has 0 aliphatic carbocycles. The second-order valence-corrected chi connectivity index (χ2v) is 3.40. The van der Waals surface area contributed by atoms with Gasteiger partial charge in [0.25, 0.3) is 5.91 Å². The first-order valence-electron chi connectivity index (χ1n) is 4.84. The Bertz CT molecular complexity index is 382. The molecule has 1 N–H and O–H groups in total. The molecule has 1 amide bonds. The van der Waals surface area contributed by atoms with Gasteiger partial charge in [0.1, 0.15) is 5.78 Å². The van der Waals surface area contributed by atoms with Crippen molar-refractivity contribution >= 4 is 11.7 Å². The van der Waals surface area contributed by atoms with Gasteiger partial charge in [0.05, 0.1) is 17.8 Å². The van der Waals surface area contributed by atoms with Gasteiger partial charge in [-0.25, -0.2) is 0 Å². The summed E-state index contributed by atoms with van der Waals surface area (Å²) in [4.78, 5) is 22.3. The van der Waals surface area contributed by atoms with E-state index in [0.717, 1.165) is 5.69 Å². The Morgan fingerprint density at radius 3 is 2.73 bits per heavy atom. The Morgan fingerprint density at radius 1 is 1.53 bits per heavy atom. The largest absolute Gasteiger partial charge is 0.345 e. The number of rotatable bonds is 4. The highest BCUT2D eigenvalue weighted by Gasteiger charge is 2.13. The van der Waals surface area contributed by atoms with Crippen LogP contribution in [-0.2, 0) is 18.3 Å². The first kappa shape index (κ1) is 11.4. The molecule has 0 atom stereocenters. The summed E-state index contributed by atoms with van der Waals surface area (Å²) in [5, 5.41) is 6.69. The van der Waals surface area contributed by atoms with Crippen LogP contribution in [0.15, 0.2) is 6.20 Å². The zero-order chi connectivity index (χ0) is 11.4. The number of hydrogen-bond donors (Lipinski definition) is 1. The van der Waals surface area contributed by atoms with E-state index in [2.05, 4.69) is 10.4 Å². The minimum atomic E-state index is -0.241. The number of aryl methyl sites for hydroxylation is 2. The van der Waals surface area contributed by atoms with Gasteiger partial charge in [0.2, 0.25) is 0 Å². The number of nitrogens with one attached hydrogen (secondary N) is 1. The van der Waals surface area contributed by atoms with E-state index in [9.17, 15) is 9.59 Å². The summed E-state index contributed by atoms with van der Waals surface area (Å²) >= 11 is 0. The van der Waals surface area contributed by atoms with Gasteiger partial charge in [-0.3, -0.25) is 14.3 Å². The lowest BCUT2D eigenvalue weighted by Crippen LogP contribution is -2.28. The highest BCUT2D eigenvalue weighted by atomic mass is 16.2. The van der Waals surface area contributed by atoms with Crippen molar-refractivity contribution in [2.24, 2.45) is 7.05 Å². The fraction of sp³-hybridized carbons (Fsp3) is 0.500. The highest BCUT2D eigenvalue weighted by Crippen LogP contribution is 2.06. The molecule has 82 valence electrons. The number of nitrogens with zero attached hydrogens (tertiary/aromatic N) is 2. The van der Waals surface area contributed by atoms with Gasteiger partial charge < -0.3 is 5.32 Å². The molecule has 5 nitrogen and oxygen atoms in total. The first-order chi connectivity index (χ1) is 7.04. The van der Waals surface area contributed by atoms with E-state index in [-0.39, 0.29) is 18.2 Å². The van der Waals surface area contributed by atoms with Crippen LogP contribution in [0, 0.1) is 0 Å². The molecule has 0 aliphatic heterocycles. The molecule has 0 aromatic carbocycles. The molecule has 0 spiro atoms. The lowest BCUT2D eigenvalue weighted by atomic mass is 10.2. The van der Waals surface area contributed by atoms with Crippen LogP contribution in [0.4, 0.5) is 0 Å². The third-order valence-electron chi connectivity index (χ3n) is 1.98. The van der Waals surface area contributed by atoms with E-state index in [1.165, 1.54) is 6.92 Å². The second-order valence-electron chi connectivity index (χ2n) is 3.40. The molecular weight excluding hydrogens is 194 g/mol. The summed E-state index contributed by atoms with van der Waals surface area (Å²) in [6.45, 7) is 3.44. The van der Waals surface area contributed by atoms with Crippen molar-refractivity contribution in [3.63, 3.8) is 0 Å². The quantitative estimate of drug-likeness (QED) is 0.775. The summed E-state index contributed by atoms with van der Waals surface area (Å²) < 4.78 is 1.60. The van der Waals surface area contributed by atoms with Crippen LogP contribution in [0.5, 0.6) is 0 Å². The number of carbonyl (C=O) groups is 2. The fourth-order valence-electron chi connectivity index (χ4n) is 1.29. The molecule has 0 saturated heterocycles. The molecule has 1 heterocycles. The average Bonchev–Trinajstić information content (AvgIpc) is 2.56. The van der Waals surface area contributed by atoms with E-state index in [1.807, 2.05) is 6.92 Å². The topological polar surface area (TPSA) is 64.0 Å². The van der Waals surface area contributed by atoms with E-state index in [4.69, 9.17) is 0 Å². The Balaban J connectivity index is 2.76. The Hall–Kier alpha value is -1.65. The minimum Gasteiger partial charge on any atom is -0.345 e. The summed E-state index contributed by atoms with van der Waals surface area (Å²) in [6, 6.07) is 0. The van der Waals surface area contributed by atoms with E-state index in [1.54, 1.807) is 17.9 Å². The van der Waals surface area contributed by atoms with Gasteiger partial charge >= 0.3 is 0 Å². The predicted octanol–water partition coefficient (Wildman–Crippen LogP) is 0.301. The van der Waals surface area contributed by atoms with Crippen LogP contribution in [0.25, 0.3) is 0 Å². The molecule has 15 heavy (non-hydrogen) atoms. The maximum atomic E-state index is 11.6. The standard InChI is InChI=1S/C10H15N3O2/c1-4-9-8(6-13(3)12-9)10(15)11-5-7(2)14/h6H,4-5H2,1-3H3,(H,11,15). The van der Waals surface area contributed by atoms with Gasteiger partial charge in [0.15, 0.2) is 0 Å². The smallest absolute Gasteiger partial charge is 0.255 e. The van der Waals surface area contributed by atoms with Crippen LogP contribution in [0.3, 0.4) is 0 Å². The molecule has 0 radical (unpaired) electrons. The molecule has 0 bridgehead atoms. The SMILES string of the molecule is CCc1nn(C)cc1C(=O)NCC(C)=O. The van der Waals surface area contributed by atoms with Crippen LogP contribution < -0.4 is 5.32 Å². The van der Waals surface area contributed by atoms with Gasteiger partial charge in [0, 0.05) is 13.2 Å². The second kappa shape index (κ2) is 4.72. The highest BCUT2D eigenvalue weighted by molar-refractivity contribution is 5.97. The normalized spacial score (nSPS) is 10.1. The van der Waals surface area contributed by atoms with Crippen LogP contribution >= 0.6 is 0 Å². The molecule has 0 unspecified atom stereocenters. The summed E-state index contributed by atoms with van der Waals surface area (Å²) in [5.41, 5.74) is 1.29. The Kier molecular flexibility index (Phi) is 3.60. The fourth-order valence-corrected chi connectivity index (χ4v) is 1.29. The maximum Gasteiger partial charge on any atom is 0.255 e. The van der Waals surface area contributed by atoms with Crippen LogP contribution in [0.1, 0.15) is 29.9 Å². The number of amides is 1. The van der Waals surface area contributed by atoms with Crippen molar-refractivity contribution in [2.45, 2.75) is 20.3 Å². The van der Waals surface area contributed by atoms with Crippen molar-refractivity contribution in [3.8, 4) is 0 Å². The van der Waals surface area contributed by atoms with Gasteiger partial charge in [-0.1, -0.05) is 6.92 Å². The number of Topliss-reactive ketones (excluding diaryl/α,β-unsaturated/α-hetero) is 1. The molecule has 0 aliphatic rings. The van der Waals surface area contributed by atoms with Crippen molar-refractivity contribution in [1.82, 2.24) is 15.1 Å². The van der Waals surface area contributed by atoms with E-state index in [0.29, 0.717) is 12.0 Å². The summed E-state index contributed by atoms with van der Waals surface area (Å²) in [7, 11) is 1.76. The van der Waals surface area contributed by atoms with E-state index < -0.39 is 0 Å². The molecule has 1 rings (SSSR count). The molecule has 1 aromatic heterocycles. The first-order valence-corrected chi connectivity index (χ1v) is 4.84. The molecule has 0 saturated carbocycles. The number of ketones is 1. The minimum absolute atomic E-state index is 0.0645. The van der Waals surface area contributed by atoms with Gasteiger partial charge in [-0.15, -0.1) is 0 Å². The van der Waals surface area contributed by atoms with Gasteiger partial charge in [-0.05, 0) is 13.3 Å². The zero-order valence-electron chi connectivity index (χ0n) is 9.20. The predicted molar refractivity (Wildman–Crippen MR) is 55.6 cm³/mol. The number of hydrogen-bond acceptors (Lipinski definition) is 3. The average molecular weight is 209 g/mol. The molecular formula is C10H15N3O2. The monoisotopic (exact) mass is 209 g/mol. The van der Waals surface area contributed by atoms with Crippen molar-refractivity contribution in [2.75, 3.05) is 6.54 Å². The third-order valence-corrected chi connectivity index (χ3v) is 1.98. The Labute approximate surface area is 88.5 Å². The summed E-state index contributed by atoms with van der Waals surface area (Å²) in [5.74, 6) is -0.305. The molecule has 1 aromatic rings. The number of aromatic nitrogens is 2. The van der Waals surface area contributed by atoms with Crippen molar-refractivity contribution in [1.29, 1.82) is 0 Å². The lowest BCUT2D eigenvalue weighted by molar-refractivity contribution is -0.116. The molecule has 5 heteroatoms. The summed E-state index contributed by atoms with van der Waals surface area (Å²) in [6.07, 6.45) is 2.36. The van der Waals surface area contributed by atoms with Gasteiger partial charge in [-0.2, -0.15) is 5.10 Å². The van der Waals surface area contributed by atoms with Crippen molar-refractivity contribution < 1.29 is 9.59 Å². The molecule has 0 fully saturated rings. The lowest BCUT2D eigenvalue weighted by Gasteiger charge is -2.01. The van der Waals surface area contributed by atoms with Crippen molar-refractivity contribution in [3.05, 3.63) is 17.5 Å². The zero-order valence-corrected chi connectivity index (χ0v) is 9.20. The Morgan fingerprint density at radius 2 is 2.20 bits per heavy atom. The van der Waals surface area contributed by atoms with Crippen LogP contribution in [-0.4, -0.2) is 28.0 Å². The van der Waals surface area contributed by atoms with E-state index >= 15 is 0 Å². The van der Waals surface area contributed by atoms with Crippen LogP contribution in [0.2, 0.25) is 0 Å². The third kappa shape index (κ3) is 2.90. The number of carbonyl (C=O) groups excluding carboxylic acids is 2. The maximum absolute atomic E-state index is 11.6.